The van der Waals surface area contributed by atoms with Crippen LogP contribution in [0.1, 0.15) is 46.5 Å². The van der Waals surface area contributed by atoms with Crippen LogP contribution in [-0.4, -0.2) is 48.3 Å². The summed E-state index contributed by atoms with van der Waals surface area (Å²) in [7, 11) is 2.23. The van der Waals surface area contributed by atoms with Gasteiger partial charge in [0.1, 0.15) is 0 Å². The van der Waals surface area contributed by atoms with E-state index in [9.17, 15) is 5.11 Å². The van der Waals surface area contributed by atoms with Crippen LogP contribution < -0.4 is 5.32 Å². The average Bonchev–Trinajstić information content (AvgIpc) is 2.74. The van der Waals surface area contributed by atoms with Crippen LogP contribution in [0.4, 0.5) is 0 Å². The van der Waals surface area contributed by atoms with Gasteiger partial charge in [0.2, 0.25) is 0 Å². The number of nitrogens with zero attached hydrogens (tertiary/aromatic N) is 1. The molecule has 0 radical (unpaired) electrons. The van der Waals surface area contributed by atoms with Gasteiger partial charge in [0.15, 0.2) is 0 Å². The Bertz CT molecular complexity index is 222. The number of aliphatic hydroxyl groups excluding tert-OH is 1. The molecule has 0 spiro atoms. The van der Waals surface area contributed by atoms with E-state index in [-0.39, 0.29) is 12.1 Å². The SMILES string of the molecule is CCNC1(CO)CCC(N(C)CC(C)CC)C1. The third-order valence-electron chi connectivity index (χ3n) is 4.36. The van der Waals surface area contributed by atoms with Crippen LogP contribution in [0.2, 0.25) is 0 Å². The van der Waals surface area contributed by atoms with Crippen LogP contribution in [0.5, 0.6) is 0 Å². The molecule has 102 valence electrons. The second kappa shape index (κ2) is 6.72. The molecular formula is C14H30N2O. The molecule has 3 atom stereocenters. The first kappa shape index (κ1) is 14.9. The lowest BCUT2D eigenvalue weighted by molar-refractivity contribution is 0.147. The number of hydrogen-bond donors (Lipinski definition) is 2. The number of aliphatic hydroxyl groups is 1. The molecule has 1 rings (SSSR count). The van der Waals surface area contributed by atoms with E-state index in [4.69, 9.17) is 0 Å². The van der Waals surface area contributed by atoms with Gasteiger partial charge in [-0.2, -0.15) is 0 Å². The minimum Gasteiger partial charge on any atom is -0.394 e. The Hall–Kier alpha value is -0.120. The Kier molecular flexibility index (Phi) is 5.90. The second-order valence-corrected chi connectivity index (χ2v) is 5.82. The first-order valence-corrected chi connectivity index (χ1v) is 7.13. The Morgan fingerprint density at radius 3 is 2.71 bits per heavy atom. The fraction of sp³-hybridized carbons (Fsp3) is 1.00. The Balaban J connectivity index is 2.47. The van der Waals surface area contributed by atoms with Crippen molar-refractivity contribution in [2.24, 2.45) is 5.92 Å². The first-order chi connectivity index (χ1) is 8.06. The van der Waals surface area contributed by atoms with Gasteiger partial charge in [0.25, 0.3) is 0 Å². The van der Waals surface area contributed by atoms with Crippen molar-refractivity contribution in [3.05, 3.63) is 0 Å². The highest BCUT2D eigenvalue weighted by Crippen LogP contribution is 2.32. The van der Waals surface area contributed by atoms with E-state index in [1.807, 2.05) is 0 Å². The van der Waals surface area contributed by atoms with Crippen LogP contribution in [0.3, 0.4) is 0 Å². The molecule has 0 amide bonds. The van der Waals surface area contributed by atoms with Gasteiger partial charge in [-0.15, -0.1) is 0 Å². The second-order valence-electron chi connectivity index (χ2n) is 5.82. The summed E-state index contributed by atoms with van der Waals surface area (Å²) in [6, 6.07) is 0.634. The fourth-order valence-electron chi connectivity index (χ4n) is 2.98. The minimum absolute atomic E-state index is 0.0108. The molecule has 0 aromatic rings. The maximum atomic E-state index is 9.59. The molecule has 1 aliphatic carbocycles. The van der Waals surface area contributed by atoms with Gasteiger partial charge in [-0.1, -0.05) is 27.2 Å². The van der Waals surface area contributed by atoms with Crippen molar-refractivity contribution in [3.63, 3.8) is 0 Å². The standard InChI is InChI=1S/C14H30N2O/c1-5-12(3)10-16(4)13-7-8-14(9-13,11-17)15-6-2/h12-13,15,17H,5-11H2,1-4H3. The molecule has 1 aliphatic rings. The summed E-state index contributed by atoms with van der Waals surface area (Å²) in [6.45, 7) is 9.08. The van der Waals surface area contributed by atoms with Gasteiger partial charge < -0.3 is 15.3 Å². The highest BCUT2D eigenvalue weighted by atomic mass is 16.3. The average molecular weight is 242 g/mol. The molecule has 1 fully saturated rings. The zero-order valence-corrected chi connectivity index (χ0v) is 12.0. The van der Waals surface area contributed by atoms with E-state index < -0.39 is 0 Å². The maximum Gasteiger partial charge on any atom is 0.0613 e. The number of hydrogen-bond acceptors (Lipinski definition) is 3. The van der Waals surface area contributed by atoms with Crippen molar-refractivity contribution >= 4 is 0 Å². The number of likely N-dealkylation sites (N-methyl/N-ethyl adjacent to an activating group) is 1. The topological polar surface area (TPSA) is 35.5 Å². The molecular weight excluding hydrogens is 212 g/mol. The molecule has 0 heterocycles. The van der Waals surface area contributed by atoms with Crippen LogP contribution in [0.15, 0.2) is 0 Å². The smallest absolute Gasteiger partial charge is 0.0613 e. The summed E-state index contributed by atoms with van der Waals surface area (Å²) in [6.07, 6.45) is 4.65. The molecule has 0 saturated heterocycles. The predicted molar refractivity (Wildman–Crippen MR) is 73.2 cm³/mol. The lowest BCUT2D eigenvalue weighted by Gasteiger charge is -2.31. The largest absolute Gasteiger partial charge is 0.394 e. The van der Waals surface area contributed by atoms with E-state index in [1.165, 1.54) is 19.4 Å². The number of nitrogens with one attached hydrogen (secondary N) is 1. The van der Waals surface area contributed by atoms with Gasteiger partial charge in [0, 0.05) is 18.1 Å². The van der Waals surface area contributed by atoms with Crippen molar-refractivity contribution in [2.45, 2.75) is 58.0 Å². The molecule has 1 saturated carbocycles. The Labute approximate surface area is 107 Å². The Morgan fingerprint density at radius 1 is 1.47 bits per heavy atom. The van der Waals surface area contributed by atoms with E-state index in [0.29, 0.717) is 6.04 Å². The fourth-order valence-corrected chi connectivity index (χ4v) is 2.98. The first-order valence-electron chi connectivity index (χ1n) is 7.13. The molecule has 0 bridgehead atoms. The summed E-state index contributed by atoms with van der Waals surface area (Å²) >= 11 is 0. The Morgan fingerprint density at radius 2 is 2.18 bits per heavy atom. The van der Waals surface area contributed by atoms with Crippen molar-refractivity contribution < 1.29 is 5.11 Å². The molecule has 2 N–H and O–H groups in total. The van der Waals surface area contributed by atoms with Crippen LogP contribution in [0.25, 0.3) is 0 Å². The third kappa shape index (κ3) is 3.94. The van der Waals surface area contributed by atoms with Crippen molar-refractivity contribution in [1.82, 2.24) is 10.2 Å². The molecule has 0 aromatic heterocycles. The van der Waals surface area contributed by atoms with Crippen LogP contribution in [0, 0.1) is 5.92 Å². The van der Waals surface area contributed by atoms with Crippen LogP contribution >= 0.6 is 0 Å². The van der Waals surface area contributed by atoms with Crippen LogP contribution in [-0.2, 0) is 0 Å². The zero-order valence-electron chi connectivity index (χ0n) is 12.0. The molecule has 0 aromatic carbocycles. The van der Waals surface area contributed by atoms with E-state index in [1.54, 1.807) is 0 Å². The third-order valence-corrected chi connectivity index (χ3v) is 4.36. The minimum atomic E-state index is -0.0108. The van der Waals surface area contributed by atoms with Crippen molar-refractivity contribution in [2.75, 3.05) is 26.7 Å². The van der Waals surface area contributed by atoms with Gasteiger partial charge >= 0.3 is 0 Å². The van der Waals surface area contributed by atoms with Crippen molar-refractivity contribution in [1.29, 1.82) is 0 Å². The summed E-state index contributed by atoms with van der Waals surface area (Å²) in [5.74, 6) is 0.767. The summed E-state index contributed by atoms with van der Waals surface area (Å²) in [4.78, 5) is 2.49. The molecule has 17 heavy (non-hydrogen) atoms. The van der Waals surface area contributed by atoms with E-state index in [0.717, 1.165) is 25.3 Å². The monoisotopic (exact) mass is 242 g/mol. The van der Waals surface area contributed by atoms with E-state index in [2.05, 4.69) is 38.0 Å². The highest BCUT2D eigenvalue weighted by Gasteiger charge is 2.39. The molecule has 3 heteroatoms. The van der Waals surface area contributed by atoms with Gasteiger partial charge in [0.05, 0.1) is 6.61 Å². The maximum absolute atomic E-state index is 9.59. The number of rotatable bonds is 7. The van der Waals surface area contributed by atoms with Gasteiger partial charge in [-0.25, -0.2) is 0 Å². The van der Waals surface area contributed by atoms with Gasteiger partial charge in [-0.3, -0.25) is 0 Å². The summed E-state index contributed by atoms with van der Waals surface area (Å²) in [5, 5.41) is 13.1. The quantitative estimate of drug-likeness (QED) is 0.715. The predicted octanol–water partition coefficient (Wildman–Crippen LogP) is 1.86. The summed E-state index contributed by atoms with van der Waals surface area (Å²) < 4.78 is 0. The zero-order chi connectivity index (χ0) is 12.9. The highest BCUT2D eigenvalue weighted by molar-refractivity contribution is 4.98. The van der Waals surface area contributed by atoms with Crippen molar-refractivity contribution in [3.8, 4) is 0 Å². The van der Waals surface area contributed by atoms with Gasteiger partial charge in [-0.05, 0) is 38.8 Å². The lowest BCUT2D eigenvalue weighted by atomic mass is 9.98. The summed E-state index contributed by atoms with van der Waals surface area (Å²) in [5.41, 5.74) is -0.0108. The lowest BCUT2D eigenvalue weighted by Crippen LogP contribution is -2.47. The molecule has 0 aliphatic heterocycles. The molecule has 3 unspecified atom stereocenters. The van der Waals surface area contributed by atoms with E-state index >= 15 is 0 Å². The molecule has 3 nitrogen and oxygen atoms in total. The normalized spacial score (nSPS) is 31.1.